The highest BCUT2D eigenvalue weighted by Gasteiger charge is 2.49. The van der Waals surface area contributed by atoms with E-state index in [9.17, 15) is 14.2 Å². The first kappa shape index (κ1) is 19.3. The Kier molecular flexibility index (Phi) is 6.40. The number of rotatable bonds is 6. The minimum absolute atomic E-state index is 0.187. The zero-order valence-corrected chi connectivity index (χ0v) is 15.8. The molecule has 0 radical (unpaired) electrons. The van der Waals surface area contributed by atoms with Crippen LogP contribution in [0.25, 0.3) is 0 Å². The van der Waals surface area contributed by atoms with E-state index in [2.05, 4.69) is 5.09 Å². The van der Waals surface area contributed by atoms with Gasteiger partial charge in [-0.15, -0.1) is 0 Å². The van der Waals surface area contributed by atoms with Crippen LogP contribution in [-0.4, -0.2) is 47.9 Å². The van der Waals surface area contributed by atoms with Crippen molar-refractivity contribution in [3.05, 3.63) is 71.8 Å². The summed E-state index contributed by atoms with van der Waals surface area (Å²) in [5, 5.41) is 2.53. The molecule has 2 aliphatic heterocycles. The van der Waals surface area contributed by atoms with E-state index in [-0.39, 0.29) is 6.61 Å². The third-order valence-corrected chi connectivity index (χ3v) is 6.81. The second-order valence-corrected chi connectivity index (χ2v) is 8.60. The van der Waals surface area contributed by atoms with E-state index in [1.54, 1.807) is 21.5 Å². The Labute approximate surface area is 158 Å². The molecule has 7 nitrogen and oxygen atoms in total. The number of benzene rings is 2. The molecule has 2 fully saturated rings. The maximum Gasteiger partial charge on any atom is 0.414 e. The maximum atomic E-state index is 12.6. The molecule has 8 heteroatoms. The molecule has 0 bridgehead atoms. The second-order valence-electron chi connectivity index (χ2n) is 6.15. The van der Waals surface area contributed by atoms with Crippen LogP contribution in [-0.2, 0) is 15.9 Å². The number of nitrogens with zero attached hydrogens (tertiary/aromatic N) is 2. The van der Waals surface area contributed by atoms with Crippen molar-refractivity contribution in [2.45, 2.75) is 6.61 Å². The molecule has 2 aromatic rings. The Morgan fingerprint density at radius 2 is 1.48 bits per heavy atom. The molecule has 0 saturated carbocycles. The standard InChI is InChI=1S/C12H16N3O3P.C7H6O/c16-12(18-10-11-4-2-1-3-5-11)13-19(17,14-6-7-14)15-8-9-15;8-6-7-4-2-1-3-5-7/h1-5H,6-10H2,(H,13,16,17);1-6H. The summed E-state index contributed by atoms with van der Waals surface area (Å²) < 4.78 is 21.3. The van der Waals surface area contributed by atoms with Crippen LogP contribution in [0.2, 0.25) is 0 Å². The Morgan fingerprint density at radius 1 is 0.963 bits per heavy atom. The van der Waals surface area contributed by atoms with Gasteiger partial charge in [-0.3, -0.25) is 9.36 Å². The number of carbonyl (C=O) groups excluding carboxylic acids is 2. The van der Waals surface area contributed by atoms with Crippen molar-refractivity contribution in [1.82, 2.24) is 14.4 Å². The Balaban J connectivity index is 0.000000221. The van der Waals surface area contributed by atoms with Crippen molar-refractivity contribution >= 4 is 20.0 Å². The summed E-state index contributed by atoms with van der Waals surface area (Å²) in [6.07, 6.45) is 0.214. The summed E-state index contributed by atoms with van der Waals surface area (Å²) in [5.74, 6) is 0. The first-order chi connectivity index (χ1) is 13.1. The van der Waals surface area contributed by atoms with Gasteiger partial charge in [-0.2, -0.15) is 0 Å². The zero-order chi connectivity index (χ0) is 19.1. The average Bonchev–Trinajstić information content (AvgIpc) is 3.60. The van der Waals surface area contributed by atoms with Crippen LogP contribution in [0.1, 0.15) is 15.9 Å². The van der Waals surface area contributed by atoms with E-state index in [1.165, 1.54) is 0 Å². The van der Waals surface area contributed by atoms with E-state index in [0.717, 1.165) is 43.6 Å². The van der Waals surface area contributed by atoms with Crippen LogP contribution in [0.5, 0.6) is 0 Å². The smallest absolute Gasteiger partial charge is 0.414 e. The topological polar surface area (TPSA) is 78.5 Å². The lowest BCUT2D eigenvalue weighted by atomic mass is 10.2. The largest absolute Gasteiger partial charge is 0.444 e. The van der Waals surface area contributed by atoms with Gasteiger partial charge in [-0.1, -0.05) is 60.7 Å². The van der Waals surface area contributed by atoms with Crippen molar-refractivity contribution in [2.24, 2.45) is 0 Å². The second kappa shape index (κ2) is 8.95. The summed E-state index contributed by atoms with van der Waals surface area (Å²) in [6, 6.07) is 18.5. The lowest BCUT2D eigenvalue weighted by molar-refractivity contribution is 0.112. The van der Waals surface area contributed by atoms with E-state index < -0.39 is 13.7 Å². The molecule has 0 unspecified atom stereocenters. The highest BCUT2D eigenvalue weighted by atomic mass is 31.2. The number of hydrogen-bond donors (Lipinski definition) is 1. The first-order valence-corrected chi connectivity index (χ1v) is 10.3. The summed E-state index contributed by atoms with van der Waals surface area (Å²) >= 11 is 0. The average molecular weight is 387 g/mol. The van der Waals surface area contributed by atoms with Crippen LogP contribution in [0, 0.1) is 0 Å². The minimum Gasteiger partial charge on any atom is -0.444 e. The molecule has 142 valence electrons. The van der Waals surface area contributed by atoms with Crippen LogP contribution >= 0.6 is 7.59 Å². The van der Waals surface area contributed by atoms with E-state index >= 15 is 0 Å². The van der Waals surface area contributed by atoms with Gasteiger partial charge >= 0.3 is 13.7 Å². The van der Waals surface area contributed by atoms with E-state index in [1.807, 2.05) is 48.5 Å². The number of nitrogens with one attached hydrogen (secondary N) is 1. The third-order valence-electron chi connectivity index (χ3n) is 4.00. The van der Waals surface area contributed by atoms with Crippen LogP contribution in [0.4, 0.5) is 4.79 Å². The van der Waals surface area contributed by atoms with Gasteiger partial charge in [0.05, 0.1) is 0 Å². The normalized spacial score (nSPS) is 15.9. The summed E-state index contributed by atoms with van der Waals surface area (Å²) in [4.78, 5) is 21.7. The van der Waals surface area contributed by atoms with Crippen molar-refractivity contribution in [2.75, 3.05) is 26.2 Å². The van der Waals surface area contributed by atoms with Crippen LogP contribution in [0.15, 0.2) is 60.7 Å². The lowest BCUT2D eigenvalue weighted by Gasteiger charge is -2.20. The van der Waals surface area contributed by atoms with Gasteiger partial charge in [0.1, 0.15) is 12.9 Å². The van der Waals surface area contributed by atoms with Crippen molar-refractivity contribution in [1.29, 1.82) is 0 Å². The maximum absolute atomic E-state index is 12.6. The Morgan fingerprint density at radius 3 is 1.93 bits per heavy atom. The van der Waals surface area contributed by atoms with Gasteiger partial charge in [-0.05, 0) is 5.56 Å². The fourth-order valence-electron chi connectivity index (χ4n) is 2.36. The monoisotopic (exact) mass is 387 g/mol. The fraction of sp³-hybridized carbons (Fsp3) is 0.263. The summed E-state index contributed by atoms with van der Waals surface area (Å²) in [7, 11) is -2.88. The first-order valence-electron chi connectivity index (χ1n) is 8.72. The molecule has 0 aromatic heterocycles. The van der Waals surface area contributed by atoms with Crippen LogP contribution in [0.3, 0.4) is 0 Å². The molecule has 0 aliphatic carbocycles. The summed E-state index contributed by atoms with van der Waals surface area (Å²) in [6.45, 7) is 3.27. The molecular formula is C19H22N3O4P. The van der Waals surface area contributed by atoms with Gasteiger partial charge in [0.15, 0.2) is 0 Å². The lowest BCUT2D eigenvalue weighted by Crippen LogP contribution is -2.27. The predicted octanol–water partition coefficient (Wildman–Crippen LogP) is 3.15. The van der Waals surface area contributed by atoms with Gasteiger partial charge in [-0.25, -0.2) is 19.2 Å². The number of ether oxygens (including phenoxy) is 1. The van der Waals surface area contributed by atoms with Gasteiger partial charge < -0.3 is 4.74 Å². The molecule has 2 aromatic carbocycles. The molecular weight excluding hydrogens is 365 g/mol. The molecule has 4 rings (SSSR count). The van der Waals surface area contributed by atoms with E-state index in [4.69, 9.17) is 4.74 Å². The van der Waals surface area contributed by atoms with Crippen LogP contribution < -0.4 is 5.09 Å². The predicted molar refractivity (Wildman–Crippen MR) is 102 cm³/mol. The Bertz CT molecular complexity index is 792. The molecule has 2 aliphatic rings. The minimum atomic E-state index is -2.88. The number of hydrogen-bond acceptors (Lipinski definition) is 4. The number of carbonyl (C=O) groups is 2. The molecule has 1 amide bonds. The molecule has 0 atom stereocenters. The fourth-order valence-corrected chi connectivity index (χ4v) is 4.56. The SMILES string of the molecule is O=C(NP(=O)(N1CC1)N1CC1)OCc1ccccc1.O=Cc1ccccc1. The van der Waals surface area contributed by atoms with Gasteiger partial charge in [0.2, 0.25) is 0 Å². The van der Waals surface area contributed by atoms with Crippen molar-refractivity contribution < 1.29 is 18.9 Å². The quantitative estimate of drug-likeness (QED) is 0.466. The van der Waals surface area contributed by atoms with Gasteiger partial charge in [0.25, 0.3) is 0 Å². The van der Waals surface area contributed by atoms with E-state index in [0.29, 0.717) is 0 Å². The third kappa shape index (κ3) is 5.76. The van der Waals surface area contributed by atoms with Crippen molar-refractivity contribution in [3.8, 4) is 0 Å². The van der Waals surface area contributed by atoms with Crippen molar-refractivity contribution in [3.63, 3.8) is 0 Å². The number of amides is 1. The van der Waals surface area contributed by atoms with Gasteiger partial charge in [0, 0.05) is 31.7 Å². The zero-order valence-electron chi connectivity index (χ0n) is 14.9. The number of aldehydes is 1. The highest BCUT2D eigenvalue weighted by molar-refractivity contribution is 7.58. The molecule has 27 heavy (non-hydrogen) atoms. The Hall–Kier alpha value is -2.47. The molecule has 2 saturated heterocycles. The molecule has 0 spiro atoms. The molecule has 1 N–H and O–H groups in total. The molecule has 2 heterocycles. The summed E-state index contributed by atoms with van der Waals surface area (Å²) in [5.41, 5.74) is 1.64. The highest BCUT2D eigenvalue weighted by Crippen LogP contribution is 2.56.